The van der Waals surface area contributed by atoms with Crippen molar-refractivity contribution in [3.05, 3.63) is 81.1 Å². The summed E-state index contributed by atoms with van der Waals surface area (Å²) in [6, 6.07) is 15.0. The molecular formula is C19H15N3O2S. The van der Waals surface area contributed by atoms with Gasteiger partial charge in [-0.05, 0) is 30.7 Å². The maximum absolute atomic E-state index is 12.5. The molecule has 0 saturated carbocycles. The number of aromatic nitrogens is 2. The van der Waals surface area contributed by atoms with E-state index in [1.165, 1.54) is 21.3 Å². The Morgan fingerprint density at radius 2 is 2.00 bits per heavy atom. The van der Waals surface area contributed by atoms with E-state index in [4.69, 9.17) is 0 Å². The van der Waals surface area contributed by atoms with Crippen molar-refractivity contribution in [1.29, 1.82) is 0 Å². The van der Waals surface area contributed by atoms with Crippen LogP contribution in [0.4, 0.5) is 0 Å². The smallest absolute Gasteiger partial charge is 0.266 e. The average Bonchev–Trinajstić information content (AvgIpc) is 3.06. The fraction of sp³-hybridized carbons (Fsp3) is 0.105. The van der Waals surface area contributed by atoms with Crippen LogP contribution >= 0.6 is 11.3 Å². The van der Waals surface area contributed by atoms with Crippen molar-refractivity contribution in [2.45, 2.75) is 13.5 Å². The summed E-state index contributed by atoms with van der Waals surface area (Å²) in [5, 5.41) is 3.36. The molecule has 0 aliphatic rings. The number of nitrogens with one attached hydrogen (secondary N) is 1. The first-order chi connectivity index (χ1) is 12.1. The van der Waals surface area contributed by atoms with Crippen molar-refractivity contribution >= 4 is 33.1 Å². The highest BCUT2D eigenvalue weighted by atomic mass is 32.1. The highest BCUT2D eigenvalue weighted by Gasteiger charge is 2.14. The maximum Gasteiger partial charge on any atom is 0.266 e. The minimum atomic E-state index is -0.197. The molecule has 0 fully saturated rings. The molecule has 1 N–H and O–H groups in total. The molecule has 4 rings (SSSR count). The summed E-state index contributed by atoms with van der Waals surface area (Å²) in [6.07, 6.45) is 1.68. The Bertz CT molecular complexity index is 1140. The predicted octanol–water partition coefficient (Wildman–Crippen LogP) is 3.15. The molecule has 0 aliphatic heterocycles. The van der Waals surface area contributed by atoms with Crippen LogP contribution in [0.3, 0.4) is 0 Å². The van der Waals surface area contributed by atoms with E-state index < -0.39 is 0 Å². The van der Waals surface area contributed by atoms with Crippen LogP contribution in [0, 0.1) is 6.92 Å². The molecule has 124 valence electrons. The number of benzene rings is 1. The average molecular weight is 349 g/mol. The van der Waals surface area contributed by atoms with Gasteiger partial charge in [-0.15, -0.1) is 11.3 Å². The lowest BCUT2D eigenvalue weighted by molar-refractivity contribution is 0.0955. The second-order valence-electron chi connectivity index (χ2n) is 5.84. The third kappa shape index (κ3) is 2.92. The van der Waals surface area contributed by atoms with E-state index in [0.717, 1.165) is 5.56 Å². The molecule has 0 unspecified atom stereocenters. The molecule has 25 heavy (non-hydrogen) atoms. The second-order valence-corrected chi connectivity index (χ2v) is 6.87. The molecule has 3 heterocycles. The predicted molar refractivity (Wildman–Crippen MR) is 99.2 cm³/mol. The van der Waals surface area contributed by atoms with E-state index in [-0.39, 0.29) is 11.5 Å². The number of carbonyl (C=O) groups is 1. The van der Waals surface area contributed by atoms with Crippen molar-refractivity contribution in [3.63, 3.8) is 0 Å². The first-order valence-electron chi connectivity index (χ1n) is 7.86. The van der Waals surface area contributed by atoms with Crippen molar-refractivity contribution in [3.8, 4) is 0 Å². The Labute approximate surface area is 147 Å². The van der Waals surface area contributed by atoms with Crippen LogP contribution in [0.15, 0.2) is 59.5 Å². The van der Waals surface area contributed by atoms with Gasteiger partial charge < -0.3 is 5.32 Å². The van der Waals surface area contributed by atoms with E-state index >= 15 is 0 Å². The lowest BCUT2D eigenvalue weighted by atomic mass is 10.1. The van der Waals surface area contributed by atoms with Crippen molar-refractivity contribution < 1.29 is 4.79 Å². The molecule has 0 atom stereocenters. The summed E-state index contributed by atoms with van der Waals surface area (Å²) in [5.41, 5.74) is 2.63. The normalized spacial score (nSPS) is 11.1. The first kappa shape index (κ1) is 15.5. The highest BCUT2D eigenvalue weighted by Crippen LogP contribution is 2.22. The summed E-state index contributed by atoms with van der Waals surface area (Å²) >= 11 is 1.24. The van der Waals surface area contributed by atoms with Crippen molar-refractivity contribution in [2.24, 2.45) is 0 Å². The van der Waals surface area contributed by atoms with Crippen LogP contribution < -0.4 is 10.9 Å². The van der Waals surface area contributed by atoms with Crippen LogP contribution in [0.25, 0.3) is 15.9 Å². The summed E-state index contributed by atoms with van der Waals surface area (Å²) in [7, 11) is 0. The van der Waals surface area contributed by atoms with E-state index in [0.29, 0.717) is 27.3 Å². The van der Waals surface area contributed by atoms with Crippen LogP contribution in [0.5, 0.6) is 0 Å². The summed E-state index contributed by atoms with van der Waals surface area (Å²) in [4.78, 5) is 30.5. The van der Waals surface area contributed by atoms with Crippen LogP contribution in [-0.2, 0) is 6.54 Å². The van der Waals surface area contributed by atoms with Gasteiger partial charge in [0.2, 0.25) is 0 Å². The Kier molecular flexibility index (Phi) is 3.82. The molecule has 5 nitrogen and oxygen atoms in total. The fourth-order valence-corrected chi connectivity index (χ4v) is 3.58. The highest BCUT2D eigenvalue weighted by molar-refractivity contribution is 7.20. The van der Waals surface area contributed by atoms with Gasteiger partial charge in [-0.1, -0.05) is 35.9 Å². The molecule has 4 aromatic rings. The number of rotatable bonds is 3. The minimum Gasteiger partial charge on any atom is -0.347 e. The Hall–Kier alpha value is -2.99. The number of nitrogens with zero attached hydrogens (tertiary/aromatic N) is 2. The molecule has 0 bridgehead atoms. The van der Waals surface area contributed by atoms with Crippen LogP contribution in [0.1, 0.15) is 20.8 Å². The molecule has 1 aromatic carbocycles. The Balaban J connectivity index is 1.63. The number of thiophene rings is 1. The summed E-state index contributed by atoms with van der Waals surface area (Å²) in [6.45, 7) is 2.47. The number of carbonyl (C=O) groups excluding carboxylic acids is 1. The number of amides is 1. The minimum absolute atomic E-state index is 0.158. The molecule has 6 heteroatoms. The van der Waals surface area contributed by atoms with E-state index in [9.17, 15) is 9.59 Å². The van der Waals surface area contributed by atoms with Gasteiger partial charge in [0.15, 0.2) is 0 Å². The summed E-state index contributed by atoms with van der Waals surface area (Å²) < 4.78 is 1.49. The number of pyridine rings is 1. The third-order valence-corrected chi connectivity index (χ3v) is 5.04. The largest absolute Gasteiger partial charge is 0.347 e. The Morgan fingerprint density at radius 3 is 2.80 bits per heavy atom. The van der Waals surface area contributed by atoms with Crippen LogP contribution in [-0.4, -0.2) is 15.3 Å². The second kappa shape index (κ2) is 6.14. The Morgan fingerprint density at radius 1 is 1.20 bits per heavy atom. The molecular weight excluding hydrogens is 334 g/mol. The molecule has 0 aliphatic carbocycles. The molecule has 3 aromatic heterocycles. The van der Waals surface area contributed by atoms with Crippen molar-refractivity contribution in [1.82, 2.24) is 14.7 Å². The maximum atomic E-state index is 12.5. The van der Waals surface area contributed by atoms with Gasteiger partial charge in [-0.3, -0.25) is 14.0 Å². The van der Waals surface area contributed by atoms with E-state index in [1.807, 2.05) is 37.3 Å². The number of hydrogen-bond donors (Lipinski definition) is 1. The fourth-order valence-electron chi connectivity index (χ4n) is 2.64. The monoisotopic (exact) mass is 349 g/mol. The zero-order valence-electron chi connectivity index (χ0n) is 13.5. The van der Waals surface area contributed by atoms with E-state index in [1.54, 1.807) is 24.4 Å². The van der Waals surface area contributed by atoms with E-state index in [2.05, 4.69) is 10.3 Å². The molecule has 0 spiro atoms. The van der Waals surface area contributed by atoms with Gasteiger partial charge >= 0.3 is 0 Å². The third-order valence-electron chi connectivity index (χ3n) is 4.01. The van der Waals surface area contributed by atoms with Gasteiger partial charge in [0.25, 0.3) is 11.5 Å². The zero-order valence-corrected chi connectivity index (χ0v) is 14.3. The SMILES string of the molecule is Cc1ccc(CNC(=O)c2cc3c(=O)n4ccccc4nc3s2)cc1. The van der Waals surface area contributed by atoms with Crippen LogP contribution in [0.2, 0.25) is 0 Å². The topological polar surface area (TPSA) is 63.5 Å². The lowest BCUT2D eigenvalue weighted by Gasteiger charge is -2.04. The van der Waals surface area contributed by atoms with Crippen molar-refractivity contribution in [2.75, 3.05) is 0 Å². The van der Waals surface area contributed by atoms with Gasteiger partial charge in [0, 0.05) is 12.7 Å². The number of fused-ring (bicyclic) bond motifs is 2. The standard InChI is InChI=1S/C19H15N3O2S/c1-12-5-7-13(8-6-12)11-20-17(23)15-10-14-18(25-15)21-16-4-2-3-9-22(16)19(14)24/h2-10H,11H2,1H3,(H,20,23). The number of hydrogen-bond acceptors (Lipinski definition) is 4. The van der Waals surface area contributed by atoms with Gasteiger partial charge in [-0.25, -0.2) is 4.98 Å². The quantitative estimate of drug-likeness (QED) is 0.618. The lowest BCUT2D eigenvalue weighted by Crippen LogP contribution is -2.21. The van der Waals surface area contributed by atoms with Gasteiger partial charge in [0.05, 0.1) is 10.3 Å². The molecule has 1 amide bonds. The van der Waals surface area contributed by atoms with Gasteiger partial charge in [-0.2, -0.15) is 0 Å². The number of aryl methyl sites for hydroxylation is 1. The zero-order chi connectivity index (χ0) is 17.4. The first-order valence-corrected chi connectivity index (χ1v) is 8.68. The van der Waals surface area contributed by atoms with Gasteiger partial charge in [0.1, 0.15) is 10.5 Å². The molecule has 0 radical (unpaired) electrons. The molecule has 0 saturated heterocycles. The summed E-state index contributed by atoms with van der Waals surface area (Å²) in [5.74, 6) is -0.197.